The maximum absolute atomic E-state index is 5.56. The molecule has 1 N–H and O–H groups in total. The fraction of sp³-hybridized carbons (Fsp3) is 1.00. The first-order chi connectivity index (χ1) is 8.14. The Morgan fingerprint density at radius 1 is 1.12 bits per heavy atom. The van der Waals surface area contributed by atoms with Crippen LogP contribution >= 0.6 is 0 Å². The largest absolute Gasteiger partial charge is 0.381 e. The molecule has 1 rings (SSSR count). The average molecular weight is 241 g/mol. The summed E-state index contributed by atoms with van der Waals surface area (Å²) in [5.41, 5.74) is 0.497. The summed E-state index contributed by atoms with van der Waals surface area (Å²) in [4.78, 5) is 0. The van der Waals surface area contributed by atoms with E-state index in [-0.39, 0.29) is 0 Å². The Bertz CT molecular complexity index is 193. The lowest BCUT2D eigenvalue weighted by atomic mass is 9.67. The normalized spacial score (nSPS) is 20.1. The molecule has 0 amide bonds. The third-order valence-electron chi connectivity index (χ3n) is 4.37. The van der Waals surface area contributed by atoms with E-state index in [1.165, 1.54) is 32.2 Å². The van der Waals surface area contributed by atoms with Crippen LogP contribution in [0.5, 0.6) is 0 Å². The molecule has 2 heteroatoms. The van der Waals surface area contributed by atoms with Gasteiger partial charge in [0.05, 0.1) is 0 Å². The van der Waals surface area contributed by atoms with Gasteiger partial charge in [-0.05, 0) is 36.6 Å². The maximum Gasteiger partial charge on any atom is 0.0471 e. The molecule has 1 saturated heterocycles. The van der Waals surface area contributed by atoms with Crippen LogP contribution < -0.4 is 5.32 Å². The van der Waals surface area contributed by atoms with E-state index >= 15 is 0 Å². The molecule has 0 aromatic carbocycles. The first kappa shape index (κ1) is 15.0. The second kappa shape index (κ2) is 7.38. The van der Waals surface area contributed by atoms with Crippen LogP contribution in [-0.4, -0.2) is 26.3 Å². The van der Waals surface area contributed by atoms with Crippen molar-refractivity contribution in [1.29, 1.82) is 0 Å². The van der Waals surface area contributed by atoms with Gasteiger partial charge in [0, 0.05) is 19.8 Å². The van der Waals surface area contributed by atoms with Crippen LogP contribution in [-0.2, 0) is 4.74 Å². The van der Waals surface area contributed by atoms with Gasteiger partial charge in [-0.1, -0.05) is 40.5 Å². The van der Waals surface area contributed by atoms with E-state index in [0.29, 0.717) is 5.41 Å². The van der Waals surface area contributed by atoms with Crippen molar-refractivity contribution in [3.8, 4) is 0 Å². The van der Waals surface area contributed by atoms with Crippen LogP contribution in [0.3, 0.4) is 0 Å². The van der Waals surface area contributed by atoms with Gasteiger partial charge in [-0.3, -0.25) is 0 Å². The zero-order valence-electron chi connectivity index (χ0n) is 12.2. The number of ether oxygens (including phenoxy) is 1. The molecule has 1 aliphatic heterocycles. The number of hydrogen-bond donors (Lipinski definition) is 1. The van der Waals surface area contributed by atoms with Crippen LogP contribution in [0.2, 0.25) is 0 Å². The van der Waals surface area contributed by atoms with Gasteiger partial charge in [0.15, 0.2) is 0 Å². The van der Waals surface area contributed by atoms with Crippen molar-refractivity contribution in [2.45, 2.75) is 53.4 Å². The number of nitrogens with one attached hydrogen (secondary N) is 1. The SMILES string of the molecule is CCC(CC)C1(CNCC(C)C)CCOCC1. The number of hydrogen-bond acceptors (Lipinski definition) is 2. The summed E-state index contributed by atoms with van der Waals surface area (Å²) in [5.74, 6) is 1.60. The van der Waals surface area contributed by atoms with Crippen molar-refractivity contribution >= 4 is 0 Å². The molecule has 1 fully saturated rings. The highest BCUT2D eigenvalue weighted by molar-refractivity contribution is 4.89. The van der Waals surface area contributed by atoms with Gasteiger partial charge < -0.3 is 10.1 Å². The predicted molar refractivity (Wildman–Crippen MR) is 74.3 cm³/mol. The Balaban J connectivity index is 2.57. The smallest absolute Gasteiger partial charge is 0.0471 e. The molecular weight excluding hydrogens is 210 g/mol. The fourth-order valence-corrected chi connectivity index (χ4v) is 3.27. The van der Waals surface area contributed by atoms with Crippen LogP contribution in [0.1, 0.15) is 53.4 Å². The molecule has 1 heterocycles. The molecule has 0 saturated carbocycles. The molecule has 0 aromatic rings. The maximum atomic E-state index is 5.56. The van der Waals surface area contributed by atoms with Crippen LogP contribution in [0.4, 0.5) is 0 Å². The Hall–Kier alpha value is -0.0800. The fourth-order valence-electron chi connectivity index (χ4n) is 3.27. The van der Waals surface area contributed by atoms with E-state index in [1.807, 2.05) is 0 Å². The van der Waals surface area contributed by atoms with Gasteiger partial charge in [0.1, 0.15) is 0 Å². The summed E-state index contributed by atoms with van der Waals surface area (Å²) < 4.78 is 5.56. The molecular formula is C15H31NO. The summed E-state index contributed by atoms with van der Waals surface area (Å²) in [6.45, 7) is 13.5. The highest BCUT2D eigenvalue weighted by Crippen LogP contribution is 2.41. The second-order valence-corrected chi connectivity index (χ2v) is 6.01. The van der Waals surface area contributed by atoms with Crippen molar-refractivity contribution in [3.05, 3.63) is 0 Å². The highest BCUT2D eigenvalue weighted by Gasteiger charge is 2.37. The predicted octanol–water partition coefficient (Wildman–Crippen LogP) is 3.47. The molecule has 0 bridgehead atoms. The van der Waals surface area contributed by atoms with Crippen LogP contribution in [0.15, 0.2) is 0 Å². The number of rotatable bonds is 7. The van der Waals surface area contributed by atoms with E-state index < -0.39 is 0 Å². The summed E-state index contributed by atoms with van der Waals surface area (Å²) in [7, 11) is 0. The van der Waals surface area contributed by atoms with E-state index in [2.05, 4.69) is 33.0 Å². The van der Waals surface area contributed by atoms with E-state index in [1.54, 1.807) is 0 Å². The Kier molecular flexibility index (Phi) is 6.50. The molecule has 102 valence electrons. The van der Waals surface area contributed by atoms with Crippen molar-refractivity contribution in [2.24, 2.45) is 17.3 Å². The van der Waals surface area contributed by atoms with E-state index in [0.717, 1.165) is 31.6 Å². The van der Waals surface area contributed by atoms with Crippen molar-refractivity contribution in [1.82, 2.24) is 5.32 Å². The van der Waals surface area contributed by atoms with E-state index in [9.17, 15) is 0 Å². The van der Waals surface area contributed by atoms with Crippen LogP contribution in [0.25, 0.3) is 0 Å². The van der Waals surface area contributed by atoms with Gasteiger partial charge in [0.25, 0.3) is 0 Å². The first-order valence-electron chi connectivity index (χ1n) is 7.43. The van der Waals surface area contributed by atoms with E-state index in [4.69, 9.17) is 4.74 Å². The molecule has 17 heavy (non-hydrogen) atoms. The molecule has 0 aliphatic carbocycles. The third-order valence-corrected chi connectivity index (χ3v) is 4.37. The zero-order chi connectivity index (χ0) is 12.7. The molecule has 1 aliphatic rings. The Morgan fingerprint density at radius 3 is 2.18 bits per heavy atom. The summed E-state index contributed by atoms with van der Waals surface area (Å²) in [6, 6.07) is 0. The summed E-state index contributed by atoms with van der Waals surface area (Å²) >= 11 is 0. The van der Waals surface area contributed by atoms with Crippen LogP contribution in [0, 0.1) is 17.3 Å². The standard InChI is InChI=1S/C15H31NO/c1-5-14(6-2)15(7-9-17-10-8-15)12-16-11-13(3)4/h13-14,16H,5-12H2,1-4H3. The highest BCUT2D eigenvalue weighted by atomic mass is 16.5. The molecule has 0 atom stereocenters. The lowest BCUT2D eigenvalue weighted by molar-refractivity contribution is -0.0207. The zero-order valence-corrected chi connectivity index (χ0v) is 12.2. The van der Waals surface area contributed by atoms with Crippen molar-refractivity contribution < 1.29 is 4.74 Å². The Morgan fingerprint density at radius 2 is 1.71 bits per heavy atom. The van der Waals surface area contributed by atoms with Gasteiger partial charge in [-0.25, -0.2) is 0 Å². The second-order valence-electron chi connectivity index (χ2n) is 6.01. The Labute approximate surface area is 108 Å². The minimum absolute atomic E-state index is 0.497. The molecule has 0 unspecified atom stereocenters. The first-order valence-corrected chi connectivity index (χ1v) is 7.43. The topological polar surface area (TPSA) is 21.3 Å². The van der Waals surface area contributed by atoms with Gasteiger partial charge in [0.2, 0.25) is 0 Å². The molecule has 2 nitrogen and oxygen atoms in total. The summed E-state index contributed by atoms with van der Waals surface area (Å²) in [5, 5.41) is 3.69. The minimum Gasteiger partial charge on any atom is -0.381 e. The summed E-state index contributed by atoms with van der Waals surface area (Å²) in [6.07, 6.45) is 5.09. The van der Waals surface area contributed by atoms with Crippen molar-refractivity contribution in [2.75, 3.05) is 26.3 Å². The lowest BCUT2D eigenvalue weighted by Crippen LogP contribution is -2.45. The third kappa shape index (κ3) is 4.26. The average Bonchev–Trinajstić information content (AvgIpc) is 2.31. The van der Waals surface area contributed by atoms with Gasteiger partial charge in [-0.2, -0.15) is 0 Å². The van der Waals surface area contributed by atoms with Gasteiger partial charge >= 0.3 is 0 Å². The molecule has 0 spiro atoms. The van der Waals surface area contributed by atoms with Gasteiger partial charge in [-0.15, -0.1) is 0 Å². The minimum atomic E-state index is 0.497. The monoisotopic (exact) mass is 241 g/mol. The van der Waals surface area contributed by atoms with Crippen molar-refractivity contribution in [3.63, 3.8) is 0 Å². The quantitative estimate of drug-likeness (QED) is 0.737. The molecule has 0 radical (unpaired) electrons. The lowest BCUT2D eigenvalue weighted by Gasteiger charge is -2.43. The molecule has 0 aromatic heterocycles.